The molecule has 0 fully saturated rings. The second kappa shape index (κ2) is 6.59. The predicted octanol–water partition coefficient (Wildman–Crippen LogP) is 4.90. The molecule has 1 atom stereocenters. The van der Waals surface area contributed by atoms with Crippen molar-refractivity contribution in [1.82, 2.24) is 0 Å². The minimum Gasteiger partial charge on any atom is -0.324 e. The summed E-state index contributed by atoms with van der Waals surface area (Å²) in [6.07, 6.45) is 0.859. The Morgan fingerprint density at radius 1 is 0.727 bits per heavy atom. The summed E-state index contributed by atoms with van der Waals surface area (Å²) < 4.78 is 0. The molecule has 0 saturated heterocycles. The van der Waals surface area contributed by atoms with E-state index >= 15 is 0 Å². The predicted molar refractivity (Wildman–Crippen MR) is 93.7 cm³/mol. The van der Waals surface area contributed by atoms with Crippen molar-refractivity contribution >= 4 is 0 Å². The molecule has 0 aliphatic heterocycles. The van der Waals surface area contributed by atoms with Crippen LogP contribution in [0.5, 0.6) is 0 Å². The summed E-state index contributed by atoms with van der Waals surface area (Å²) in [6.45, 7) is 2.11. The van der Waals surface area contributed by atoms with Gasteiger partial charge >= 0.3 is 0 Å². The van der Waals surface area contributed by atoms with Gasteiger partial charge in [0, 0.05) is 6.04 Å². The van der Waals surface area contributed by atoms with Crippen molar-refractivity contribution in [2.75, 3.05) is 0 Å². The molecule has 0 aliphatic rings. The molecular formula is C21H21N. The van der Waals surface area contributed by atoms with Gasteiger partial charge < -0.3 is 5.73 Å². The lowest BCUT2D eigenvalue weighted by Gasteiger charge is -2.12. The molecule has 3 rings (SSSR count). The Hall–Kier alpha value is -2.38. The standard InChI is InChI=1S/C21H21N/c1-16-7-11-18(12-8-16)19-13-9-17(10-14-19)15-21(22)20-5-3-2-4-6-20/h2-14,21H,15,22H2,1H3. The number of hydrogen-bond donors (Lipinski definition) is 1. The summed E-state index contributed by atoms with van der Waals surface area (Å²) in [5.74, 6) is 0. The van der Waals surface area contributed by atoms with Crippen LogP contribution in [-0.2, 0) is 6.42 Å². The van der Waals surface area contributed by atoms with Crippen LogP contribution in [0.1, 0.15) is 22.7 Å². The van der Waals surface area contributed by atoms with E-state index in [2.05, 4.69) is 67.6 Å². The summed E-state index contributed by atoms with van der Waals surface area (Å²) in [6, 6.07) is 27.7. The average Bonchev–Trinajstić information content (AvgIpc) is 2.57. The number of hydrogen-bond acceptors (Lipinski definition) is 1. The Bertz CT molecular complexity index is 712. The van der Waals surface area contributed by atoms with E-state index in [4.69, 9.17) is 5.73 Å². The third-order valence-electron chi connectivity index (χ3n) is 4.02. The summed E-state index contributed by atoms with van der Waals surface area (Å²) in [4.78, 5) is 0. The lowest BCUT2D eigenvalue weighted by molar-refractivity contribution is 0.722. The maximum atomic E-state index is 6.29. The van der Waals surface area contributed by atoms with E-state index < -0.39 is 0 Å². The van der Waals surface area contributed by atoms with Crippen LogP contribution in [0.2, 0.25) is 0 Å². The van der Waals surface area contributed by atoms with Gasteiger partial charge in [-0.15, -0.1) is 0 Å². The first kappa shape index (κ1) is 14.6. The van der Waals surface area contributed by atoms with Crippen molar-refractivity contribution in [2.45, 2.75) is 19.4 Å². The zero-order valence-electron chi connectivity index (χ0n) is 12.9. The van der Waals surface area contributed by atoms with Gasteiger partial charge in [0.2, 0.25) is 0 Å². The molecule has 0 spiro atoms. The van der Waals surface area contributed by atoms with E-state index in [1.807, 2.05) is 18.2 Å². The van der Waals surface area contributed by atoms with Crippen LogP contribution >= 0.6 is 0 Å². The normalized spacial score (nSPS) is 12.1. The van der Waals surface area contributed by atoms with Gasteiger partial charge in [0.1, 0.15) is 0 Å². The zero-order chi connectivity index (χ0) is 15.4. The summed E-state index contributed by atoms with van der Waals surface area (Å²) >= 11 is 0. The zero-order valence-corrected chi connectivity index (χ0v) is 12.9. The van der Waals surface area contributed by atoms with Crippen LogP contribution in [0.25, 0.3) is 11.1 Å². The van der Waals surface area contributed by atoms with Gasteiger partial charge in [0.15, 0.2) is 0 Å². The van der Waals surface area contributed by atoms with Gasteiger partial charge in [-0.05, 0) is 35.6 Å². The molecule has 0 aromatic heterocycles. The van der Waals surface area contributed by atoms with Crippen molar-refractivity contribution < 1.29 is 0 Å². The highest BCUT2D eigenvalue weighted by molar-refractivity contribution is 5.63. The third-order valence-corrected chi connectivity index (χ3v) is 4.02. The monoisotopic (exact) mass is 287 g/mol. The summed E-state index contributed by atoms with van der Waals surface area (Å²) in [5, 5.41) is 0. The van der Waals surface area contributed by atoms with Gasteiger partial charge in [-0.2, -0.15) is 0 Å². The fraction of sp³-hybridized carbons (Fsp3) is 0.143. The maximum Gasteiger partial charge on any atom is 0.0335 e. The molecule has 0 aliphatic carbocycles. The van der Waals surface area contributed by atoms with Crippen molar-refractivity contribution in [3.63, 3.8) is 0 Å². The molecule has 3 aromatic carbocycles. The van der Waals surface area contributed by atoms with Crippen molar-refractivity contribution in [1.29, 1.82) is 0 Å². The highest BCUT2D eigenvalue weighted by Crippen LogP contribution is 2.22. The second-order valence-electron chi connectivity index (χ2n) is 5.78. The molecule has 1 unspecified atom stereocenters. The molecule has 0 heterocycles. The van der Waals surface area contributed by atoms with Crippen LogP contribution < -0.4 is 5.73 Å². The van der Waals surface area contributed by atoms with Crippen LogP contribution in [0, 0.1) is 6.92 Å². The quantitative estimate of drug-likeness (QED) is 0.725. The van der Waals surface area contributed by atoms with E-state index in [1.54, 1.807) is 0 Å². The van der Waals surface area contributed by atoms with Gasteiger partial charge in [-0.25, -0.2) is 0 Å². The highest BCUT2D eigenvalue weighted by atomic mass is 14.6. The van der Waals surface area contributed by atoms with Crippen LogP contribution in [0.3, 0.4) is 0 Å². The fourth-order valence-electron chi connectivity index (χ4n) is 2.65. The Morgan fingerprint density at radius 3 is 1.86 bits per heavy atom. The van der Waals surface area contributed by atoms with Crippen molar-refractivity contribution in [3.05, 3.63) is 95.6 Å². The Balaban J connectivity index is 1.73. The van der Waals surface area contributed by atoms with E-state index in [9.17, 15) is 0 Å². The van der Waals surface area contributed by atoms with E-state index in [1.165, 1.54) is 27.8 Å². The molecule has 3 aromatic rings. The van der Waals surface area contributed by atoms with Gasteiger partial charge in [-0.1, -0.05) is 84.4 Å². The van der Waals surface area contributed by atoms with E-state index in [0.29, 0.717) is 0 Å². The first-order valence-corrected chi connectivity index (χ1v) is 7.69. The molecule has 22 heavy (non-hydrogen) atoms. The smallest absolute Gasteiger partial charge is 0.0335 e. The number of rotatable bonds is 4. The molecule has 1 heteroatoms. The Morgan fingerprint density at radius 2 is 1.27 bits per heavy atom. The van der Waals surface area contributed by atoms with E-state index in [0.717, 1.165) is 6.42 Å². The molecular weight excluding hydrogens is 266 g/mol. The van der Waals surface area contributed by atoms with Crippen LogP contribution in [-0.4, -0.2) is 0 Å². The topological polar surface area (TPSA) is 26.0 Å². The van der Waals surface area contributed by atoms with Crippen LogP contribution in [0.4, 0.5) is 0 Å². The number of aryl methyl sites for hydroxylation is 1. The number of nitrogens with two attached hydrogens (primary N) is 1. The van der Waals surface area contributed by atoms with Crippen molar-refractivity contribution in [2.24, 2.45) is 5.73 Å². The summed E-state index contributed by atoms with van der Waals surface area (Å²) in [7, 11) is 0. The molecule has 0 amide bonds. The molecule has 0 bridgehead atoms. The Kier molecular flexibility index (Phi) is 4.36. The first-order valence-electron chi connectivity index (χ1n) is 7.69. The molecule has 2 N–H and O–H groups in total. The fourth-order valence-corrected chi connectivity index (χ4v) is 2.65. The Labute approximate surface area is 132 Å². The molecule has 110 valence electrons. The van der Waals surface area contributed by atoms with E-state index in [-0.39, 0.29) is 6.04 Å². The first-order chi connectivity index (χ1) is 10.7. The lowest BCUT2D eigenvalue weighted by Crippen LogP contribution is -2.13. The minimum absolute atomic E-state index is 0.0476. The number of benzene rings is 3. The lowest BCUT2D eigenvalue weighted by atomic mass is 9.97. The van der Waals surface area contributed by atoms with Gasteiger partial charge in [0.25, 0.3) is 0 Å². The van der Waals surface area contributed by atoms with Crippen LogP contribution in [0.15, 0.2) is 78.9 Å². The summed E-state index contributed by atoms with van der Waals surface area (Å²) in [5.41, 5.74) is 12.5. The molecule has 1 nitrogen and oxygen atoms in total. The average molecular weight is 287 g/mol. The second-order valence-corrected chi connectivity index (χ2v) is 5.78. The van der Waals surface area contributed by atoms with Gasteiger partial charge in [-0.3, -0.25) is 0 Å². The van der Waals surface area contributed by atoms with Crippen molar-refractivity contribution in [3.8, 4) is 11.1 Å². The SMILES string of the molecule is Cc1ccc(-c2ccc(CC(N)c3ccccc3)cc2)cc1. The molecule has 0 saturated carbocycles. The maximum absolute atomic E-state index is 6.29. The highest BCUT2D eigenvalue weighted by Gasteiger charge is 2.06. The minimum atomic E-state index is 0.0476. The largest absolute Gasteiger partial charge is 0.324 e. The van der Waals surface area contributed by atoms with Gasteiger partial charge in [0.05, 0.1) is 0 Å². The molecule has 0 radical (unpaired) electrons. The third kappa shape index (κ3) is 3.44.